The van der Waals surface area contributed by atoms with Crippen molar-refractivity contribution in [3.63, 3.8) is 0 Å². The maximum Gasteiger partial charge on any atom is 0.298 e. The van der Waals surface area contributed by atoms with Crippen LogP contribution in [0.15, 0.2) is 65.8 Å². The third-order valence-corrected chi connectivity index (χ3v) is 4.75. The van der Waals surface area contributed by atoms with Crippen LogP contribution in [0.1, 0.15) is 5.56 Å². The van der Waals surface area contributed by atoms with Crippen molar-refractivity contribution in [2.75, 3.05) is 7.11 Å². The fourth-order valence-corrected chi connectivity index (χ4v) is 2.99. The molecule has 4 aromatic rings. The quantitative estimate of drug-likeness (QED) is 0.548. The zero-order valence-corrected chi connectivity index (χ0v) is 15.1. The predicted octanol–water partition coefficient (Wildman–Crippen LogP) is 4.12. The number of aryl methyl sites for hydroxylation is 1. The maximum absolute atomic E-state index is 12.9. The molecular formula is C20H16ClN3O2. The summed E-state index contributed by atoms with van der Waals surface area (Å²) in [6.07, 6.45) is 5.37. The Hall–Kier alpha value is -3.05. The molecule has 0 fully saturated rings. The zero-order valence-electron chi connectivity index (χ0n) is 14.3. The van der Waals surface area contributed by atoms with Gasteiger partial charge in [0.05, 0.1) is 18.5 Å². The molecule has 2 heterocycles. The van der Waals surface area contributed by atoms with E-state index < -0.39 is 0 Å². The first kappa shape index (κ1) is 16.4. The molecule has 0 bridgehead atoms. The molecule has 0 aliphatic carbocycles. The second-order valence-corrected chi connectivity index (χ2v) is 6.40. The molecule has 2 aromatic carbocycles. The summed E-state index contributed by atoms with van der Waals surface area (Å²) in [6, 6.07) is 13.1. The number of nitrogens with zero attached hydrogens (tertiary/aromatic N) is 3. The van der Waals surface area contributed by atoms with Gasteiger partial charge in [-0.2, -0.15) is 0 Å². The fraction of sp³-hybridized carbons (Fsp3) is 0.100. The third kappa shape index (κ3) is 2.76. The van der Waals surface area contributed by atoms with E-state index in [2.05, 4.69) is 4.98 Å². The first-order valence-electron chi connectivity index (χ1n) is 8.08. The molecule has 26 heavy (non-hydrogen) atoms. The number of methoxy groups -OCH3 is 1. The van der Waals surface area contributed by atoms with Gasteiger partial charge in [0.25, 0.3) is 5.56 Å². The minimum atomic E-state index is -0.202. The molecule has 0 saturated carbocycles. The molecule has 0 aliphatic rings. The lowest BCUT2D eigenvalue weighted by Crippen LogP contribution is -2.19. The van der Waals surface area contributed by atoms with Crippen LogP contribution in [0.3, 0.4) is 0 Å². The standard InChI is InChI=1S/C20H16ClN3O2/c1-13-3-6-15(11-17(13)21)24-10-9-23-12-18(22-19(23)20(24)25)14-4-7-16(26-2)8-5-14/h3-12H,1-2H3. The van der Waals surface area contributed by atoms with Crippen LogP contribution in [-0.4, -0.2) is 21.1 Å². The van der Waals surface area contributed by atoms with Crippen molar-refractivity contribution in [1.29, 1.82) is 0 Å². The summed E-state index contributed by atoms with van der Waals surface area (Å²) < 4.78 is 8.45. The normalized spacial score (nSPS) is 11.0. The molecule has 6 heteroatoms. The highest BCUT2D eigenvalue weighted by atomic mass is 35.5. The number of benzene rings is 2. The van der Waals surface area contributed by atoms with E-state index in [9.17, 15) is 4.79 Å². The van der Waals surface area contributed by atoms with Gasteiger partial charge in [0.1, 0.15) is 5.75 Å². The Morgan fingerprint density at radius 2 is 1.85 bits per heavy atom. The third-order valence-electron chi connectivity index (χ3n) is 4.34. The molecule has 130 valence electrons. The van der Waals surface area contributed by atoms with Gasteiger partial charge in [0, 0.05) is 29.2 Å². The van der Waals surface area contributed by atoms with Crippen molar-refractivity contribution in [3.8, 4) is 22.7 Å². The molecule has 0 spiro atoms. The molecule has 0 aliphatic heterocycles. The van der Waals surface area contributed by atoms with E-state index in [0.29, 0.717) is 16.4 Å². The average molecular weight is 366 g/mol. The molecule has 0 atom stereocenters. The highest BCUT2D eigenvalue weighted by molar-refractivity contribution is 6.31. The van der Waals surface area contributed by atoms with E-state index >= 15 is 0 Å². The Morgan fingerprint density at radius 1 is 1.08 bits per heavy atom. The number of imidazole rings is 1. The van der Waals surface area contributed by atoms with Crippen LogP contribution in [0.4, 0.5) is 0 Å². The summed E-state index contributed by atoms with van der Waals surface area (Å²) in [6.45, 7) is 1.92. The largest absolute Gasteiger partial charge is 0.497 e. The van der Waals surface area contributed by atoms with Gasteiger partial charge in [-0.3, -0.25) is 9.36 Å². The Labute approximate surface area is 155 Å². The van der Waals surface area contributed by atoms with Crippen molar-refractivity contribution < 1.29 is 4.74 Å². The van der Waals surface area contributed by atoms with E-state index in [4.69, 9.17) is 16.3 Å². The topological polar surface area (TPSA) is 48.5 Å². The molecule has 5 nitrogen and oxygen atoms in total. The van der Waals surface area contributed by atoms with E-state index in [1.165, 1.54) is 0 Å². The molecule has 0 unspecified atom stereocenters. The summed E-state index contributed by atoms with van der Waals surface area (Å²) in [5, 5.41) is 0.622. The first-order valence-corrected chi connectivity index (χ1v) is 8.46. The number of hydrogen-bond acceptors (Lipinski definition) is 3. The minimum absolute atomic E-state index is 0.202. The van der Waals surface area contributed by atoms with Crippen LogP contribution in [0.2, 0.25) is 5.02 Å². The van der Waals surface area contributed by atoms with Gasteiger partial charge in [-0.25, -0.2) is 4.98 Å². The number of fused-ring (bicyclic) bond motifs is 1. The molecule has 0 amide bonds. The lowest BCUT2D eigenvalue weighted by molar-refractivity contribution is 0.415. The van der Waals surface area contributed by atoms with E-state index in [-0.39, 0.29) is 5.56 Å². The van der Waals surface area contributed by atoms with E-state index in [1.807, 2.05) is 55.7 Å². The van der Waals surface area contributed by atoms with Crippen LogP contribution in [0.25, 0.3) is 22.6 Å². The minimum Gasteiger partial charge on any atom is -0.497 e. The second kappa shape index (κ2) is 6.35. The number of aromatic nitrogens is 3. The summed E-state index contributed by atoms with van der Waals surface area (Å²) >= 11 is 6.20. The molecule has 4 rings (SSSR count). The SMILES string of the molecule is COc1ccc(-c2cn3ccn(-c4ccc(C)c(Cl)c4)c(=O)c3n2)cc1. The Kier molecular flexibility index (Phi) is 4.01. The maximum atomic E-state index is 12.9. The van der Waals surface area contributed by atoms with Gasteiger partial charge in [0.2, 0.25) is 5.65 Å². The lowest BCUT2D eigenvalue weighted by atomic mass is 10.2. The van der Waals surface area contributed by atoms with Crippen LogP contribution in [0, 0.1) is 6.92 Å². The first-order chi connectivity index (χ1) is 12.6. The summed E-state index contributed by atoms with van der Waals surface area (Å²) in [7, 11) is 1.62. The number of rotatable bonds is 3. The fourth-order valence-electron chi connectivity index (χ4n) is 2.82. The van der Waals surface area contributed by atoms with Crippen molar-refractivity contribution in [2.45, 2.75) is 6.92 Å². The molecule has 0 N–H and O–H groups in total. The van der Waals surface area contributed by atoms with Gasteiger partial charge >= 0.3 is 0 Å². The van der Waals surface area contributed by atoms with Crippen molar-refractivity contribution in [3.05, 3.63) is 82.0 Å². The predicted molar refractivity (Wildman–Crippen MR) is 103 cm³/mol. The van der Waals surface area contributed by atoms with Crippen LogP contribution >= 0.6 is 11.6 Å². The number of ether oxygens (including phenoxy) is 1. The summed E-state index contributed by atoms with van der Waals surface area (Å²) in [5.74, 6) is 0.774. The highest BCUT2D eigenvalue weighted by Crippen LogP contribution is 2.22. The van der Waals surface area contributed by atoms with Gasteiger partial charge in [-0.15, -0.1) is 0 Å². The van der Waals surface area contributed by atoms with Crippen LogP contribution < -0.4 is 10.3 Å². The Morgan fingerprint density at radius 3 is 2.54 bits per heavy atom. The second-order valence-electron chi connectivity index (χ2n) is 5.99. The average Bonchev–Trinajstić information content (AvgIpc) is 3.10. The Bertz CT molecular complexity index is 1160. The van der Waals surface area contributed by atoms with Gasteiger partial charge in [-0.1, -0.05) is 17.7 Å². The number of hydrogen-bond donors (Lipinski definition) is 0. The van der Waals surface area contributed by atoms with Gasteiger partial charge in [-0.05, 0) is 48.9 Å². The summed E-state index contributed by atoms with van der Waals surface area (Å²) in [4.78, 5) is 17.4. The van der Waals surface area contributed by atoms with E-state index in [0.717, 1.165) is 22.6 Å². The van der Waals surface area contributed by atoms with Crippen molar-refractivity contribution in [1.82, 2.24) is 14.0 Å². The van der Waals surface area contributed by atoms with E-state index in [1.54, 1.807) is 28.3 Å². The highest BCUT2D eigenvalue weighted by Gasteiger charge is 2.11. The zero-order chi connectivity index (χ0) is 18.3. The summed E-state index contributed by atoms with van der Waals surface area (Å²) in [5.41, 5.74) is 3.47. The monoisotopic (exact) mass is 365 g/mol. The number of halogens is 1. The Balaban J connectivity index is 1.82. The van der Waals surface area contributed by atoms with Crippen LogP contribution in [-0.2, 0) is 0 Å². The molecule has 0 radical (unpaired) electrons. The molecular weight excluding hydrogens is 350 g/mol. The smallest absolute Gasteiger partial charge is 0.298 e. The van der Waals surface area contributed by atoms with Gasteiger partial charge in [0.15, 0.2) is 0 Å². The van der Waals surface area contributed by atoms with Crippen LogP contribution in [0.5, 0.6) is 5.75 Å². The lowest BCUT2D eigenvalue weighted by Gasteiger charge is -2.07. The van der Waals surface area contributed by atoms with Crippen molar-refractivity contribution >= 4 is 17.2 Å². The molecule has 2 aromatic heterocycles. The van der Waals surface area contributed by atoms with Gasteiger partial charge < -0.3 is 9.14 Å². The molecule has 0 saturated heterocycles. The van der Waals surface area contributed by atoms with Crippen molar-refractivity contribution in [2.24, 2.45) is 0 Å².